The van der Waals surface area contributed by atoms with Crippen molar-refractivity contribution in [1.29, 1.82) is 0 Å². The van der Waals surface area contributed by atoms with Crippen LogP contribution in [-0.4, -0.2) is 29.7 Å². The van der Waals surface area contributed by atoms with Crippen LogP contribution in [0.1, 0.15) is 38.7 Å². The van der Waals surface area contributed by atoms with Crippen LogP contribution < -0.4 is 10.2 Å². The van der Waals surface area contributed by atoms with E-state index in [-0.39, 0.29) is 25.0 Å². The number of carboxylic acid groups (broad SMARTS) is 1. The summed E-state index contributed by atoms with van der Waals surface area (Å²) in [5.74, 6) is -0.914. The smallest absolute Gasteiger partial charge is 0.322 e. The van der Waals surface area contributed by atoms with Gasteiger partial charge in [0.1, 0.15) is 0 Å². The lowest BCUT2D eigenvalue weighted by atomic mass is 10.2. The zero-order valence-corrected chi connectivity index (χ0v) is 12.9. The van der Waals surface area contributed by atoms with E-state index in [1.807, 2.05) is 45.0 Å². The normalized spacial score (nSPS) is 10.5. The van der Waals surface area contributed by atoms with Gasteiger partial charge in [-0.05, 0) is 31.9 Å². The molecule has 0 aliphatic heterocycles. The molecule has 2 N–H and O–H groups in total. The van der Waals surface area contributed by atoms with Gasteiger partial charge in [0.25, 0.3) is 0 Å². The van der Waals surface area contributed by atoms with Gasteiger partial charge in [-0.25, -0.2) is 4.79 Å². The van der Waals surface area contributed by atoms with E-state index in [1.165, 1.54) is 4.90 Å². The van der Waals surface area contributed by atoms with Crippen LogP contribution in [0, 0.1) is 6.92 Å². The van der Waals surface area contributed by atoms with E-state index in [4.69, 9.17) is 5.11 Å². The maximum absolute atomic E-state index is 12.4. The fraction of sp³-hybridized carbons (Fsp3) is 0.500. The first-order chi connectivity index (χ1) is 9.97. The summed E-state index contributed by atoms with van der Waals surface area (Å²) in [5, 5.41) is 11.8. The Labute approximate surface area is 126 Å². The molecule has 5 nitrogen and oxygen atoms in total. The van der Waals surface area contributed by atoms with Crippen molar-refractivity contribution >= 4 is 17.7 Å². The van der Waals surface area contributed by atoms with Crippen molar-refractivity contribution < 1.29 is 14.7 Å². The molecule has 0 aliphatic carbocycles. The van der Waals surface area contributed by atoms with Gasteiger partial charge >= 0.3 is 12.0 Å². The Morgan fingerprint density at radius 1 is 1.19 bits per heavy atom. The maximum Gasteiger partial charge on any atom is 0.322 e. The van der Waals surface area contributed by atoms with E-state index in [0.29, 0.717) is 5.69 Å². The van der Waals surface area contributed by atoms with Gasteiger partial charge in [0.2, 0.25) is 0 Å². The molecule has 5 heteroatoms. The number of carbonyl (C=O) groups is 2. The van der Waals surface area contributed by atoms with Crippen molar-refractivity contribution in [2.24, 2.45) is 0 Å². The molecule has 0 atom stereocenters. The lowest BCUT2D eigenvalue weighted by Gasteiger charge is -2.25. The molecule has 2 amide bonds. The molecule has 1 rings (SSSR count). The molecule has 0 heterocycles. The Hall–Kier alpha value is -2.04. The highest BCUT2D eigenvalue weighted by Gasteiger charge is 2.18. The lowest BCUT2D eigenvalue weighted by molar-refractivity contribution is -0.136. The summed E-state index contributed by atoms with van der Waals surface area (Å²) >= 11 is 0. The maximum atomic E-state index is 12.4. The van der Waals surface area contributed by atoms with Gasteiger partial charge in [-0.15, -0.1) is 0 Å². The zero-order chi connectivity index (χ0) is 15.8. The van der Waals surface area contributed by atoms with Crippen molar-refractivity contribution in [3.8, 4) is 0 Å². The lowest BCUT2D eigenvalue weighted by Crippen LogP contribution is -2.45. The van der Waals surface area contributed by atoms with E-state index >= 15 is 0 Å². The quantitative estimate of drug-likeness (QED) is 0.811. The summed E-state index contributed by atoms with van der Waals surface area (Å²) in [7, 11) is 0. The van der Waals surface area contributed by atoms with Crippen LogP contribution in [0.15, 0.2) is 24.3 Å². The number of hydrogen-bond donors (Lipinski definition) is 2. The van der Waals surface area contributed by atoms with Crippen LogP contribution in [0.3, 0.4) is 0 Å². The van der Waals surface area contributed by atoms with Gasteiger partial charge in [0, 0.05) is 18.3 Å². The van der Waals surface area contributed by atoms with Crippen molar-refractivity contribution in [3.63, 3.8) is 0 Å². The van der Waals surface area contributed by atoms with Crippen molar-refractivity contribution in [1.82, 2.24) is 5.32 Å². The highest BCUT2D eigenvalue weighted by Crippen LogP contribution is 2.16. The Balaban J connectivity index is 2.87. The minimum Gasteiger partial charge on any atom is -0.481 e. The molecule has 1 aromatic rings. The zero-order valence-electron chi connectivity index (χ0n) is 12.9. The number of benzene rings is 1. The molecular formula is C16H24N2O3. The van der Waals surface area contributed by atoms with E-state index < -0.39 is 5.97 Å². The number of hydrogen-bond acceptors (Lipinski definition) is 2. The van der Waals surface area contributed by atoms with Gasteiger partial charge in [-0.1, -0.05) is 31.5 Å². The Kier molecular flexibility index (Phi) is 6.72. The molecule has 0 aliphatic rings. The second-order valence-electron chi connectivity index (χ2n) is 5.09. The molecule has 21 heavy (non-hydrogen) atoms. The number of aryl methyl sites for hydroxylation is 1. The molecule has 0 saturated carbocycles. The number of carbonyl (C=O) groups excluding carboxylic acids is 1. The number of aliphatic carboxylic acids is 1. The van der Waals surface area contributed by atoms with Gasteiger partial charge < -0.3 is 10.4 Å². The minimum absolute atomic E-state index is 0.0792. The number of carboxylic acids is 1. The highest BCUT2D eigenvalue weighted by molar-refractivity contribution is 5.92. The third-order valence-electron chi connectivity index (χ3n) is 3.45. The van der Waals surface area contributed by atoms with Gasteiger partial charge in [-0.3, -0.25) is 9.69 Å². The predicted molar refractivity (Wildman–Crippen MR) is 83.7 cm³/mol. The minimum atomic E-state index is -0.914. The highest BCUT2D eigenvalue weighted by atomic mass is 16.4. The van der Waals surface area contributed by atoms with Crippen LogP contribution in [0.5, 0.6) is 0 Å². The molecule has 0 radical (unpaired) electrons. The second-order valence-corrected chi connectivity index (χ2v) is 5.09. The van der Waals surface area contributed by atoms with Crippen molar-refractivity contribution in [3.05, 3.63) is 29.8 Å². The summed E-state index contributed by atoms with van der Waals surface area (Å²) in [6.45, 7) is 6.16. The van der Waals surface area contributed by atoms with Crippen LogP contribution in [0.25, 0.3) is 0 Å². The Bertz CT molecular complexity index is 467. The van der Waals surface area contributed by atoms with E-state index in [9.17, 15) is 9.59 Å². The molecule has 0 bridgehead atoms. The predicted octanol–water partition coefficient (Wildman–Crippen LogP) is 3.17. The monoisotopic (exact) mass is 292 g/mol. The average molecular weight is 292 g/mol. The first-order valence-electron chi connectivity index (χ1n) is 7.34. The number of nitrogens with zero attached hydrogens (tertiary/aromatic N) is 1. The average Bonchev–Trinajstić information content (AvgIpc) is 2.46. The van der Waals surface area contributed by atoms with Crippen LogP contribution in [0.2, 0.25) is 0 Å². The number of amides is 2. The SMILES string of the molecule is CCC(CC)NC(=O)N(CCC(=O)O)c1ccc(C)cc1. The number of urea groups is 1. The third-order valence-corrected chi connectivity index (χ3v) is 3.45. The Morgan fingerprint density at radius 3 is 2.24 bits per heavy atom. The van der Waals surface area contributed by atoms with Crippen LogP contribution in [-0.2, 0) is 4.79 Å². The van der Waals surface area contributed by atoms with E-state index in [1.54, 1.807) is 0 Å². The fourth-order valence-electron chi connectivity index (χ4n) is 2.03. The van der Waals surface area contributed by atoms with Gasteiger partial charge in [0.15, 0.2) is 0 Å². The summed E-state index contributed by atoms with van der Waals surface area (Å²) in [6, 6.07) is 7.36. The third kappa shape index (κ3) is 5.45. The molecule has 1 aromatic carbocycles. The fourth-order valence-corrected chi connectivity index (χ4v) is 2.03. The Morgan fingerprint density at radius 2 is 1.76 bits per heavy atom. The molecule has 0 saturated heterocycles. The van der Waals surface area contributed by atoms with Gasteiger partial charge in [0.05, 0.1) is 6.42 Å². The molecule has 0 unspecified atom stereocenters. The van der Waals surface area contributed by atoms with Gasteiger partial charge in [-0.2, -0.15) is 0 Å². The summed E-state index contributed by atoms with van der Waals surface area (Å²) in [6.07, 6.45) is 1.62. The number of nitrogens with one attached hydrogen (secondary N) is 1. The summed E-state index contributed by atoms with van der Waals surface area (Å²) in [4.78, 5) is 24.7. The summed E-state index contributed by atoms with van der Waals surface area (Å²) in [5.41, 5.74) is 1.81. The van der Waals surface area contributed by atoms with Crippen LogP contribution >= 0.6 is 0 Å². The van der Waals surface area contributed by atoms with E-state index in [0.717, 1.165) is 18.4 Å². The molecule has 0 aromatic heterocycles. The van der Waals surface area contributed by atoms with Crippen molar-refractivity contribution in [2.45, 2.75) is 46.1 Å². The first-order valence-corrected chi connectivity index (χ1v) is 7.34. The van der Waals surface area contributed by atoms with Crippen LogP contribution in [0.4, 0.5) is 10.5 Å². The first kappa shape index (κ1) is 17.0. The summed E-state index contributed by atoms with van der Waals surface area (Å²) < 4.78 is 0. The number of rotatable bonds is 7. The standard InChI is InChI=1S/C16H24N2O3/c1-4-13(5-2)17-16(21)18(11-10-15(19)20)14-8-6-12(3)7-9-14/h6-9,13H,4-5,10-11H2,1-3H3,(H,17,21)(H,19,20). The topological polar surface area (TPSA) is 69.6 Å². The molecule has 0 fully saturated rings. The van der Waals surface area contributed by atoms with Crippen molar-refractivity contribution in [2.75, 3.05) is 11.4 Å². The largest absolute Gasteiger partial charge is 0.481 e. The molecular weight excluding hydrogens is 268 g/mol. The molecule has 0 spiro atoms. The number of anilines is 1. The van der Waals surface area contributed by atoms with E-state index in [2.05, 4.69) is 5.32 Å². The molecule has 116 valence electrons. The second kappa shape index (κ2) is 8.29.